The van der Waals surface area contributed by atoms with Crippen molar-refractivity contribution in [3.05, 3.63) is 130 Å². The highest BCUT2D eigenvalue weighted by atomic mass is 35.5. The van der Waals surface area contributed by atoms with Gasteiger partial charge in [0, 0.05) is 40.4 Å². The van der Waals surface area contributed by atoms with E-state index in [0.717, 1.165) is 46.8 Å². The summed E-state index contributed by atoms with van der Waals surface area (Å²) in [6.07, 6.45) is 0.162. The average molecular weight is 665 g/mol. The first-order valence-electron chi connectivity index (χ1n) is 14.8. The Hall–Kier alpha value is -3.53. The quantitative estimate of drug-likeness (QED) is 0.117. The number of halogens is 2. The minimum atomic E-state index is -1.27. The summed E-state index contributed by atoms with van der Waals surface area (Å²) in [5.74, 6) is -0.217. The number of aryl methyl sites for hydroxylation is 1. The van der Waals surface area contributed by atoms with Crippen LogP contribution < -0.4 is 16.0 Å². The highest BCUT2D eigenvalue weighted by molar-refractivity contribution is 7.99. The van der Waals surface area contributed by atoms with Gasteiger partial charge in [-0.1, -0.05) is 102 Å². The van der Waals surface area contributed by atoms with E-state index in [-0.39, 0.29) is 12.2 Å². The molecule has 0 saturated carbocycles. The van der Waals surface area contributed by atoms with Crippen LogP contribution in [0.5, 0.6) is 0 Å². The van der Waals surface area contributed by atoms with E-state index < -0.39 is 24.0 Å². The van der Waals surface area contributed by atoms with Gasteiger partial charge >= 0.3 is 6.09 Å². The van der Waals surface area contributed by atoms with Crippen LogP contribution >= 0.6 is 35.0 Å². The lowest BCUT2D eigenvalue weighted by atomic mass is 9.84. The molecule has 4 aromatic carbocycles. The summed E-state index contributed by atoms with van der Waals surface area (Å²) in [5.41, 5.74) is 3.26. The van der Waals surface area contributed by atoms with Gasteiger partial charge < -0.3 is 25.8 Å². The van der Waals surface area contributed by atoms with Gasteiger partial charge in [-0.05, 0) is 53.8 Å². The van der Waals surface area contributed by atoms with Crippen molar-refractivity contribution in [2.75, 3.05) is 24.2 Å². The number of amides is 2. The second kappa shape index (κ2) is 16.2. The monoisotopic (exact) mass is 663 g/mol. The lowest BCUT2D eigenvalue weighted by Gasteiger charge is -2.31. The number of carbonyl (C=O) groups excluding carboxylic acids is 1. The van der Waals surface area contributed by atoms with Gasteiger partial charge in [0.15, 0.2) is 0 Å². The molecular formula is C35H35Cl2N3O4S. The van der Waals surface area contributed by atoms with E-state index in [1.165, 1.54) is 0 Å². The number of morpholine rings is 1. The van der Waals surface area contributed by atoms with Crippen LogP contribution in [0, 0.1) is 0 Å². The first-order valence-corrected chi connectivity index (χ1v) is 16.5. The number of para-hydroxylation sites is 1. The van der Waals surface area contributed by atoms with Gasteiger partial charge in [0.1, 0.15) is 6.04 Å². The lowest BCUT2D eigenvalue weighted by Crippen LogP contribution is -2.47. The minimum Gasteiger partial charge on any atom is -0.465 e. The third-order valence-corrected chi connectivity index (χ3v) is 9.54. The molecule has 0 bridgehead atoms. The summed E-state index contributed by atoms with van der Waals surface area (Å²) in [6.45, 7) is 1.49. The number of nitrogens with one attached hydrogen (secondary N) is 3. The van der Waals surface area contributed by atoms with Gasteiger partial charge in [0.25, 0.3) is 0 Å². The number of carbonyl (C=O) groups is 2. The summed E-state index contributed by atoms with van der Waals surface area (Å²) < 4.78 is 6.41. The van der Waals surface area contributed by atoms with Gasteiger partial charge in [-0.25, -0.2) is 4.79 Å². The zero-order chi connectivity index (χ0) is 31.6. The van der Waals surface area contributed by atoms with Crippen molar-refractivity contribution < 1.29 is 19.4 Å². The van der Waals surface area contributed by atoms with E-state index in [1.54, 1.807) is 17.8 Å². The molecule has 7 nitrogen and oxygen atoms in total. The van der Waals surface area contributed by atoms with E-state index in [0.29, 0.717) is 22.2 Å². The molecule has 45 heavy (non-hydrogen) atoms. The van der Waals surface area contributed by atoms with Gasteiger partial charge in [0.2, 0.25) is 5.91 Å². The van der Waals surface area contributed by atoms with Crippen molar-refractivity contribution in [3.63, 3.8) is 0 Å². The van der Waals surface area contributed by atoms with Crippen molar-refractivity contribution in [1.82, 2.24) is 10.6 Å². The standard InChI is InChI=1S/C35H35Cl2N3O4S/c36-26-16-18-31(29(37)19-26)45-22-28-21-38-20-27(44-28)17-15-23-9-7-8-14-30(23)39-34(41)33(40-35(42)43)32(24-10-3-1-4-11-24)25-12-5-2-6-13-25/h1-14,16,18-19,27-28,32-33,38,40H,15,17,20-22H2,(H,39,41)(H,42,43)/t27-,28+,33+/m1/s1. The van der Waals surface area contributed by atoms with Gasteiger partial charge in [-0.3, -0.25) is 4.79 Å². The minimum absolute atomic E-state index is 0.00392. The maximum Gasteiger partial charge on any atom is 0.405 e. The van der Waals surface area contributed by atoms with Crippen LogP contribution in [0.3, 0.4) is 0 Å². The third kappa shape index (κ3) is 9.25. The average Bonchev–Trinajstić information content (AvgIpc) is 3.05. The smallest absolute Gasteiger partial charge is 0.405 e. The number of hydrogen-bond acceptors (Lipinski definition) is 5. The highest BCUT2D eigenvalue weighted by Crippen LogP contribution is 2.32. The molecule has 10 heteroatoms. The molecule has 1 heterocycles. The fourth-order valence-electron chi connectivity index (χ4n) is 5.54. The van der Waals surface area contributed by atoms with Crippen molar-refractivity contribution in [3.8, 4) is 0 Å². The van der Waals surface area contributed by atoms with Gasteiger partial charge in [-0.2, -0.15) is 0 Å². The number of anilines is 1. The number of rotatable bonds is 12. The summed E-state index contributed by atoms with van der Waals surface area (Å²) in [6, 6.07) is 31.0. The second-order valence-electron chi connectivity index (χ2n) is 10.8. The molecule has 0 spiro atoms. The normalized spacial score (nSPS) is 17.0. The van der Waals surface area contributed by atoms with Crippen LogP contribution in [0.15, 0.2) is 108 Å². The Labute approximate surface area is 277 Å². The maximum absolute atomic E-state index is 13.9. The largest absolute Gasteiger partial charge is 0.465 e. The fourth-order valence-corrected chi connectivity index (χ4v) is 7.03. The van der Waals surface area contributed by atoms with E-state index in [9.17, 15) is 14.7 Å². The van der Waals surface area contributed by atoms with E-state index in [1.807, 2.05) is 97.1 Å². The van der Waals surface area contributed by atoms with Crippen LogP contribution in [0.1, 0.15) is 29.0 Å². The summed E-state index contributed by atoms with van der Waals surface area (Å²) in [5, 5.41) is 20.0. The molecule has 5 rings (SSSR count). The summed E-state index contributed by atoms with van der Waals surface area (Å²) >= 11 is 14.0. The number of hydrogen-bond donors (Lipinski definition) is 4. The molecule has 4 aromatic rings. The molecule has 1 fully saturated rings. The predicted molar refractivity (Wildman–Crippen MR) is 182 cm³/mol. The number of thioether (sulfide) groups is 1. The van der Waals surface area contributed by atoms with E-state index in [2.05, 4.69) is 16.0 Å². The Morgan fingerprint density at radius 1 is 0.889 bits per heavy atom. The van der Waals surface area contributed by atoms with Crippen LogP contribution in [0.4, 0.5) is 10.5 Å². The van der Waals surface area contributed by atoms with Crippen molar-refractivity contribution in [1.29, 1.82) is 0 Å². The van der Waals surface area contributed by atoms with Gasteiger partial charge in [-0.15, -0.1) is 11.8 Å². The molecule has 0 aliphatic carbocycles. The van der Waals surface area contributed by atoms with Gasteiger partial charge in [0.05, 0.1) is 17.2 Å². The first kappa shape index (κ1) is 32.9. The van der Waals surface area contributed by atoms with Crippen molar-refractivity contribution in [2.24, 2.45) is 0 Å². The Kier molecular flexibility index (Phi) is 11.8. The number of carboxylic acid groups (broad SMARTS) is 1. The van der Waals surface area contributed by atoms with Crippen LogP contribution in [0.2, 0.25) is 10.0 Å². The molecule has 4 N–H and O–H groups in total. The molecule has 0 radical (unpaired) electrons. The van der Waals surface area contributed by atoms with Crippen LogP contribution in [0.25, 0.3) is 0 Å². The predicted octanol–water partition coefficient (Wildman–Crippen LogP) is 7.48. The molecule has 0 unspecified atom stereocenters. The highest BCUT2D eigenvalue weighted by Gasteiger charge is 2.33. The molecule has 2 amide bonds. The topological polar surface area (TPSA) is 99.7 Å². The third-order valence-electron chi connectivity index (χ3n) is 7.67. The maximum atomic E-state index is 13.9. The van der Waals surface area contributed by atoms with E-state index >= 15 is 0 Å². The second-order valence-corrected chi connectivity index (χ2v) is 12.7. The van der Waals surface area contributed by atoms with Crippen molar-refractivity contribution in [2.45, 2.75) is 41.9 Å². The molecule has 1 aliphatic rings. The van der Waals surface area contributed by atoms with E-state index in [4.69, 9.17) is 27.9 Å². The van der Waals surface area contributed by atoms with Crippen LogP contribution in [-0.2, 0) is 16.0 Å². The van der Waals surface area contributed by atoms with Crippen LogP contribution in [-0.4, -0.2) is 54.2 Å². The Bertz CT molecular complexity index is 1540. The zero-order valence-corrected chi connectivity index (χ0v) is 26.8. The Morgan fingerprint density at radius 2 is 1.53 bits per heavy atom. The Morgan fingerprint density at radius 3 is 2.20 bits per heavy atom. The van der Waals surface area contributed by atoms with Crippen molar-refractivity contribution >= 4 is 52.7 Å². The first-order chi connectivity index (χ1) is 21.9. The molecule has 0 aromatic heterocycles. The number of benzene rings is 4. The lowest BCUT2D eigenvalue weighted by molar-refractivity contribution is -0.118. The molecular weight excluding hydrogens is 629 g/mol. The molecule has 3 atom stereocenters. The SMILES string of the molecule is O=C(O)N[C@H](C(=O)Nc1ccccc1CC[C@@H]1CNC[C@@H](CSc2ccc(Cl)cc2Cl)O1)C(c1ccccc1)c1ccccc1. The summed E-state index contributed by atoms with van der Waals surface area (Å²) in [4.78, 5) is 26.8. The zero-order valence-electron chi connectivity index (χ0n) is 24.5. The molecule has 234 valence electrons. The molecule has 1 aliphatic heterocycles. The Balaban J connectivity index is 1.26. The molecule has 1 saturated heterocycles. The number of ether oxygens (including phenoxy) is 1. The summed E-state index contributed by atoms with van der Waals surface area (Å²) in [7, 11) is 0. The fraction of sp³-hybridized carbons (Fsp3) is 0.257.